The summed E-state index contributed by atoms with van der Waals surface area (Å²) in [6.45, 7) is 0. The van der Waals surface area contributed by atoms with Crippen LogP contribution in [-0.2, 0) is 0 Å². The van der Waals surface area contributed by atoms with Crippen molar-refractivity contribution in [1.82, 2.24) is 4.98 Å². The number of hydrogen-bond acceptors (Lipinski definition) is 2. The highest BCUT2D eigenvalue weighted by Gasteiger charge is 2.20. The third kappa shape index (κ3) is 5.80. The Kier molecular flexibility index (Phi) is 7.83. The van der Waals surface area contributed by atoms with E-state index in [0.717, 1.165) is 29.8 Å². The molecule has 238 valence electrons. The Labute approximate surface area is 293 Å². The Bertz CT molecular complexity index is 2480. The van der Waals surface area contributed by atoms with Crippen LogP contribution in [0.25, 0.3) is 60.6 Å². The Balaban J connectivity index is 1.24. The summed E-state index contributed by atoms with van der Waals surface area (Å²) in [5.41, 5.74) is 11.6. The fourth-order valence-corrected chi connectivity index (χ4v) is 7.49. The normalized spacial score (nSPS) is 16.9. The van der Waals surface area contributed by atoms with Crippen molar-refractivity contribution in [1.29, 1.82) is 0 Å². The third-order valence-electron chi connectivity index (χ3n) is 10.1. The minimum Gasteiger partial charge on any atom is -0.284 e. The molecule has 0 radical (unpaired) electrons. The number of aliphatic imine (C=N–C) groups is 1. The second-order valence-electron chi connectivity index (χ2n) is 13.3. The molecule has 0 saturated carbocycles. The van der Waals surface area contributed by atoms with Gasteiger partial charge < -0.3 is 0 Å². The molecule has 0 spiro atoms. The van der Waals surface area contributed by atoms with E-state index in [4.69, 9.17) is 9.98 Å². The van der Waals surface area contributed by atoms with Crippen molar-refractivity contribution in [3.05, 3.63) is 193 Å². The van der Waals surface area contributed by atoms with Crippen LogP contribution in [0.5, 0.6) is 0 Å². The molecule has 7 aromatic rings. The number of pyridine rings is 1. The molecule has 1 aliphatic carbocycles. The topological polar surface area (TPSA) is 25.2 Å². The minimum atomic E-state index is 0.0224. The first kappa shape index (κ1) is 30.0. The molecule has 2 atom stereocenters. The Morgan fingerprint density at radius 3 is 1.98 bits per heavy atom. The van der Waals surface area contributed by atoms with Crippen molar-refractivity contribution in [3.8, 4) is 33.5 Å². The van der Waals surface area contributed by atoms with Crippen molar-refractivity contribution in [2.75, 3.05) is 0 Å². The number of hydrogen-bond donors (Lipinski definition) is 0. The van der Waals surface area contributed by atoms with E-state index in [1.165, 1.54) is 60.5 Å². The van der Waals surface area contributed by atoms with Gasteiger partial charge in [-0.3, -0.25) is 9.98 Å². The highest BCUT2D eigenvalue weighted by Crippen LogP contribution is 2.41. The largest absolute Gasteiger partial charge is 0.284 e. The van der Waals surface area contributed by atoms with Gasteiger partial charge in [0.05, 0.1) is 11.7 Å². The predicted molar refractivity (Wildman–Crippen MR) is 211 cm³/mol. The van der Waals surface area contributed by atoms with Crippen LogP contribution in [-0.4, -0.2) is 11.2 Å². The second kappa shape index (κ2) is 13.1. The standard InChI is InChI=1S/C48H36N2/c1-4-14-33(15-5-1)37-24-25-46(49-32-37)41-27-38(26-40(28-41)45-29-36-20-10-11-21-42(36)43-22-12-13-23-44(43)45)39-30-47(34-16-6-2-7-17-34)50-48(31-39)35-18-8-3-9-19-35/h1-18,20-24,26-32,35,46H,19,25H2/t35-,46?/m0/s1. The van der Waals surface area contributed by atoms with E-state index < -0.39 is 0 Å². The lowest BCUT2D eigenvalue weighted by atomic mass is 9.87. The highest BCUT2D eigenvalue weighted by molar-refractivity contribution is 6.14. The lowest BCUT2D eigenvalue weighted by molar-refractivity contribution is 0.743. The molecule has 2 heterocycles. The third-order valence-corrected chi connectivity index (χ3v) is 10.1. The first-order chi connectivity index (χ1) is 24.8. The van der Waals surface area contributed by atoms with Crippen molar-refractivity contribution in [3.63, 3.8) is 0 Å². The molecular formula is C48H36N2. The van der Waals surface area contributed by atoms with Crippen LogP contribution in [0.3, 0.4) is 0 Å². The number of benzene rings is 6. The van der Waals surface area contributed by atoms with Gasteiger partial charge >= 0.3 is 0 Å². The van der Waals surface area contributed by atoms with Gasteiger partial charge in [0.25, 0.3) is 0 Å². The summed E-state index contributed by atoms with van der Waals surface area (Å²) in [6.07, 6.45) is 15.0. The number of rotatable bonds is 6. The average Bonchev–Trinajstić information content (AvgIpc) is 3.21. The van der Waals surface area contributed by atoms with Gasteiger partial charge in [0.2, 0.25) is 0 Å². The van der Waals surface area contributed by atoms with Gasteiger partial charge in [-0.1, -0.05) is 140 Å². The molecule has 2 heteroatoms. The molecule has 50 heavy (non-hydrogen) atoms. The zero-order valence-corrected chi connectivity index (χ0v) is 27.8. The lowest BCUT2D eigenvalue weighted by Crippen LogP contribution is -2.04. The SMILES string of the molecule is C1=CC[C@@H](c2cc(-c3cc(-c4cc5ccccc5c5ccccc45)cc(C4CC=C(c5ccccc5)C=N4)c3)cc(-c3ccccc3)n2)C=C1. The van der Waals surface area contributed by atoms with Crippen LogP contribution in [0.15, 0.2) is 181 Å². The van der Waals surface area contributed by atoms with E-state index in [1.807, 2.05) is 0 Å². The minimum absolute atomic E-state index is 0.0224. The number of dihydropyridines is 1. The fraction of sp³-hybridized carbons (Fsp3) is 0.0833. The van der Waals surface area contributed by atoms with Gasteiger partial charge in [0.15, 0.2) is 0 Å². The smallest absolute Gasteiger partial charge is 0.0784 e. The zero-order chi connectivity index (χ0) is 33.3. The van der Waals surface area contributed by atoms with Gasteiger partial charge in [-0.25, -0.2) is 0 Å². The maximum atomic E-state index is 5.24. The maximum absolute atomic E-state index is 5.24. The van der Waals surface area contributed by atoms with E-state index in [2.05, 4.69) is 182 Å². The molecule has 0 amide bonds. The van der Waals surface area contributed by atoms with E-state index in [-0.39, 0.29) is 12.0 Å². The monoisotopic (exact) mass is 640 g/mol. The van der Waals surface area contributed by atoms with Crippen molar-refractivity contribution >= 4 is 33.3 Å². The van der Waals surface area contributed by atoms with E-state index in [0.29, 0.717) is 0 Å². The molecule has 0 bridgehead atoms. The van der Waals surface area contributed by atoms with Gasteiger partial charge in [-0.2, -0.15) is 0 Å². The molecule has 1 aliphatic heterocycles. The van der Waals surface area contributed by atoms with Crippen LogP contribution in [0, 0.1) is 0 Å². The van der Waals surface area contributed by atoms with Crippen LogP contribution < -0.4 is 0 Å². The fourth-order valence-electron chi connectivity index (χ4n) is 7.49. The van der Waals surface area contributed by atoms with Crippen LogP contribution in [0.4, 0.5) is 0 Å². The van der Waals surface area contributed by atoms with Crippen LogP contribution in [0.1, 0.15) is 41.6 Å². The summed E-state index contributed by atoms with van der Waals surface area (Å²) in [7, 11) is 0. The zero-order valence-electron chi connectivity index (χ0n) is 27.8. The second-order valence-corrected chi connectivity index (χ2v) is 13.3. The Morgan fingerprint density at radius 1 is 0.520 bits per heavy atom. The van der Waals surface area contributed by atoms with Gasteiger partial charge in [0.1, 0.15) is 0 Å². The first-order valence-corrected chi connectivity index (χ1v) is 17.5. The van der Waals surface area contributed by atoms with E-state index in [1.54, 1.807) is 0 Å². The van der Waals surface area contributed by atoms with Crippen molar-refractivity contribution in [2.45, 2.75) is 24.8 Å². The summed E-state index contributed by atoms with van der Waals surface area (Å²) < 4.78 is 0. The van der Waals surface area contributed by atoms with Crippen LogP contribution in [0.2, 0.25) is 0 Å². The molecule has 0 saturated heterocycles. The molecule has 1 unspecified atom stereocenters. The molecule has 1 aromatic heterocycles. The van der Waals surface area contributed by atoms with Gasteiger partial charge in [0, 0.05) is 23.4 Å². The molecule has 9 rings (SSSR count). The van der Waals surface area contributed by atoms with E-state index in [9.17, 15) is 0 Å². The number of nitrogens with zero attached hydrogens (tertiary/aromatic N) is 2. The quantitative estimate of drug-likeness (QED) is 0.166. The number of fused-ring (bicyclic) bond motifs is 3. The maximum Gasteiger partial charge on any atom is 0.0784 e. The average molecular weight is 641 g/mol. The van der Waals surface area contributed by atoms with Crippen molar-refractivity contribution in [2.24, 2.45) is 4.99 Å². The molecular weight excluding hydrogens is 605 g/mol. The van der Waals surface area contributed by atoms with Crippen molar-refractivity contribution < 1.29 is 0 Å². The number of aromatic nitrogens is 1. The molecule has 2 aliphatic rings. The lowest BCUT2D eigenvalue weighted by Gasteiger charge is -2.21. The molecule has 0 fully saturated rings. The predicted octanol–water partition coefficient (Wildman–Crippen LogP) is 12.6. The summed E-state index contributed by atoms with van der Waals surface area (Å²) in [5, 5.41) is 5.05. The molecule has 2 nitrogen and oxygen atoms in total. The highest BCUT2D eigenvalue weighted by atomic mass is 14.8. The summed E-state index contributed by atoms with van der Waals surface area (Å²) in [6, 6.07) is 52.7. The summed E-state index contributed by atoms with van der Waals surface area (Å²) in [4.78, 5) is 10.4. The first-order valence-electron chi connectivity index (χ1n) is 17.5. The summed E-state index contributed by atoms with van der Waals surface area (Å²) in [5.74, 6) is 0.235. The van der Waals surface area contributed by atoms with Gasteiger partial charge in [-0.05, 0) is 110 Å². The van der Waals surface area contributed by atoms with E-state index >= 15 is 0 Å². The number of allylic oxidation sites excluding steroid dienone is 5. The van der Waals surface area contributed by atoms with Crippen LogP contribution >= 0.6 is 0 Å². The molecule has 6 aromatic carbocycles. The molecule has 0 N–H and O–H groups in total. The Morgan fingerprint density at radius 2 is 1.22 bits per heavy atom. The van der Waals surface area contributed by atoms with Gasteiger partial charge in [-0.15, -0.1) is 0 Å². The summed E-state index contributed by atoms with van der Waals surface area (Å²) >= 11 is 0. The Hall–Kier alpha value is -6.12.